The Kier molecular flexibility index (Phi) is 5.10. The van der Waals surface area contributed by atoms with E-state index < -0.39 is 5.97 Å². The number of pyridine rings is 1. The van der Waals surface area contributed by atoms with E-state index in [1.807, 2.05) is 24.3 Å². The van der Waals surface area contributed by atoms with E-state index >= 15 is 0 Å². The van der Waals surface area contributed by atoms with Crippen LogP contribution in [-0.4, -0.2) is 41.0 Å². The van der Waals surface area contributed by atoms with Crippen LogP contribution < -0.4 is 5.43 Å². The van der Waals surface area contributed by atoms with Gasteiger partial charge >= 0.3 is 5.97 Å². The third-order valence-corrected chi connectivity index (χ3v) is 5.23. The molecule has 0 unspecified atom stereocenters. The molecule has 4 rings (SSSR count). The summed E-state index contributed by atoms with van der Waals surface area (Å²) in [5.74, 6) is -0.646. The molecule has 28 heavy (non-hydrogen) atoms. The van der Waals surface area contributed by atoms with Crippen molar-refractivity contribution in [2.75, 3.05) is 19.7 Å². The number of hydrogen-bond acceptors (Lipinski definition) is 4. The van der Waals surface area contributed by atoms with E-state index in [2.05, 4.69) is 0 Å². The molecule has 144 valence electrons. The van der Waals surface area contributed by atoms with E-state index in [4.69, 9.17) is 4.74 Å². The molecule has 6 heteroatoms. The number of para-hydroxylation sites is 2. The van der Waals surface area contributed by atoms with Gasteiger partial charge in [0.1, 0.15) is 6.54 Å². The summed E-state index contributed by atoms with van der Waals surface area (Å²) in [6, 6.07) is 14.4. The molecule has 1 saturated heterocycles. The Balaban J connectivity index is 1.58. The second-order valence-corrected chi connectivity index (χ2v) is 7.05. The van der Waals surface area contributed by atoms with Gasteiger partial charge in [-0.25, -0.2) is 0 Å². The number of carbonyl (C=O) groups excluding carboxylic acids is 2. The van der Waals surface area contributed by atoms with Gasteiger partial charge in [0.05, 0.1) is 11.0 Å². The smallest absolute Gasteiger partial charge is 0.326 e. The fourth-order valence-electron chi connectivity index (χ4n) is 3.80. The highest BCUT2D eigenvalue weighted by Gasteiger charge is 2.19. The largest absolute Gasteiger partial charge is 0.454 e. The summed E-state index contributed by atoms with van der Waals surface area (Å²) in [5, 5.41) is 1.11. The van der Waals surface area contributed by atoms with Crippen LogP contribution in [0.5, 0.6) is 0 Å². The molecule has 1 fully saturated rings. The molecule has 0 bridgehead atoms. The van der Waals surface area contributed by atoms with E-state index in [0.29, 0.717) is 21.8 Å². The monoisotopic (exact) mass is 378 g/mol. The van der Waals surface area contributed by atoms with Gasteiger partial charge in [0, 0.05) is 23.9 Å². The van der Waals surface area contributed by atoms with E-state index in [1.54, 1.807) is 33.7 Å². The average molecular weight is 378 g/mol. The number of amides is 1. The lowest BCUT2D eigenvalue weighted by atomic mass is 10.1. The van der Waals surface area contributed by atoms with Gasteiger partial charge in [0.25, 0.3) is 5.91 Å². The maximum absolute atomic E-state index is 12.7. The lowest BCUT2D eigenvalue weighted by molar-refractivity contribution is -0.152. The number of carbonyl (C=O) groups is 2. The maximum Gasteiger partial charge on any atom is 0.326 e. The van der Waals surface area contributed by atoms with Crippen molar-refractivity contribution in [2.24, 2.45) is 0 Å². The molecule has 6 nitrogen and oxygen atoms in total. The van der Waals surface area contributed by atoms with Crippen LogP contribution in [0, 0.1) is 0 Å². The molecule has 0 spiro atoms. The molecule has 1 aliphatic rings. The molecule has 2 heterocycles. The molecule has 0 N–H and O–H groups in total. The number of esters is 1. The van der Waals surface area contributed by atoms with E-state index in [1.165, 1.54) is 0 Å². The summed E-state index contributed by atoms with van der Waals surface area (Å²) >= 11 is 0. The lowest BCUT2D eigenvalue weighted by Crippen LogP contribution is -2.38. The highest BCUT2D eigenvalue weighted by Crippen LogP contribution is 2.19. The molecule has 2 aromatic carbocycles. The number of aromatic nitrogens is 1. The topological polar surface area (TPSA) is 68.6 Å². The number of hydrogen-bond donors (Lipinski definition) is 0. The molecule has 0 atom stereocenters. The summed E-state index contributed by atoms with van der Waals surface area (Å²) in [7, 11) is 0. The first-order chi connectivity index (χ1) is 13.6. The predicted molar refractivity (Wildman–Crippen MR) is 107 cm³/mol. The van der Waals surface area contributed by atoms with Crippen molar-refractivity contribution in [1.29, 1.82) is 0 Å². The van der Waals surface area contributed by atoms with Crippen LogP contribution in [0.1, 0.15) is 19.3 Å². The Morgan fingerprint density at radius 3 is 2.04 bits per heavy atom. The van der Waals surface area contributed by atoms with Crippen LogP contribution in [0.2, 0.25) is 0 Å². The number of piperidine rings is 1. The van der Waals surface area contributed by atoms with Gasteiger partial charge in [0.2, 0.25) is 0 Å². The Bertz CT molecular complexity index is 1040. The highest BCUT2D eigenvalue weighted by molar-refractivity contribution is 5.94. The van der Waals surface area contributed by atoms with Crippen molar-refractivity contribution >= 4 is 33.7 Å². The van der Waals surface area contributed by atoms with Gasteiger partial charge in [-0.2, -0.15) is 0 Å². The number of benzene rings is 2. The molecular formula is C22H22N2O4. The summed E-state index contributed by atoms with van der Waals surface area (Å²) in [6.07, 6.45) is 3.13. The third-order valence-electron chi connectivity index (χ3n) is 5.23. The second kappa shape index (κ2) is 7.84. The van der Waals surface area contributed by atoms with Gasteiger partial charge < -0.3 is 14.2 Å². The quantitative estimate of drug-likeness (QED) is 0.517. The molecule has 1 amide bonds. The number of fused-ring (bicyclic) bond motifs is 2. The Labute approximate surface area is 162 Å². The fraction of sp³-hybridized carbons (Fsp3) is 0.318. The number of nitrogens with zero attached hydrogens (tertiary/aromatic N) is 2. The van der Waals surface area contributed by atoms with E-state index in [-0.39, 0.29) is 24.5 Å². The molecule has 0 aliphatic carbocycles. The van der Waals surface area contributed by atoms with E-state index in [9.17, 15) is 14.4 Å². The van der Waals surface area contributed by atoms with Crippen LogP contribution in [0.4, 0.5) is 0 Å². The first-order valence-electron chi connectivity index (χ1n) is 9.59. The minimum Gasteiger partial charge on any atom is -0.454 e. The van der Waals surface area contributed by atoms with Crippen molar-refractivity contribution in [3.8, 4) is 0 Å². The van der Waals surface area contributed by atoms with Crippen LogP contribution >= 0.6 is 0 Å². The molecule has 0 saturated carbocycles. The molecular weight excluding hydrogens is 356 g/mol. The number of ether oxygens (including phenoxy) is 1. The first-order valence-corrected chi connectivity index (χ1v) is 9.59. The Morgan fingerprint density at radius 1 is 0.857 bits per heavy atom. The van der Waals surface area contributed by atoms with Crippen molar-refractivity contribution in [3.63, 3.8) is 0 Å². The van der Waals surface area contributed by atoms with Crippen molar-refractivity contribution < 1.29 is 14.3 Å². The van der Waals surface area contributed by atoms with Crippen LogP contribution in [0.25, 0.3) is 21.8 Å². The number of rotatable bonds is 4. The van der Waals surface area contributed by atoms with Crippen molar-refractivity contribution in [2.45, 2.75) is 25.8 Å². The summed E-state index contributed by atoms with van der Waals surface area (Å²) in [5.41, 5.74) is 1.28. The predicted octanol–water partition coefficient (Wildman–Crippen LogP) is 2.71. The molecule has 1 aliphatic heterocycles. The first kappa shape index (κ1) is 18.2. The van der Waals surface area contributed by atoms with Crippen molar-refractivity contribution in [1.82, 2.24) is 9.47 Å². The zero-order chi connectivity index (χ0) is 19.5. The van der Waals surface area contributed by atoms with Gasteiger partial charge in [-0.05, 0) is 43.5 Å². The molecule has 3 aromatic rings. The van der Waals surface area contributed by atoms with Crippen LogP contribution in [0.3, 0.4) is 0 Å². The maximum atomic E-state index is 12.7. The van der Waals surface area contributed by atoms with Crippen LogP contribution in [-0.2, 0) is 20.9 Å². The lowest BCUT2D eigenvalue weighted by Gasteiger charge is -2.26. The molecule has 1 aromatic heterocycles. The standard InChI is InChI=1S/C22H22N2O4/c25-20(23-12-6-1-7-13-23)15-28-21(26)14-24-18-10-4-2-8-16(18)22(27)17-9-3-5-11-19(17)24/h2-5,8-11H,1,6-7,12-15H2. The van der Waals surface area contributed by atoms with Gasteiger partial charge in [-0.3, -0.25) is 14.4 Å². The SMILES string of the molecule is O=C(Cn1c2ccccc2c(=O)c2ccccc21)OCC(=O)N1CCCCC1. The summed E-state index contributed by atoms with van der Waals surface area (Å²) in [6.45, 7) is 1.15. The Hall–Kier alpha value is -3.15. The van der Waals surface area contributed by atoms with E-state index in [0.717, 1.165) is 32.4 Å². The highest BCUT2D eigenvalue weighted by atomic mass is 16.5. The Morgan fingerprint density at radius 2 is 1.43 bits per heavy atom. The minimum absolute atomic E-state index is 0.0592. The zero-order valence-electron chi connectivity index (χ0n) is 15.6. The normalized spacial score (nSPS) is 14.4. The van der Waals surface area contributed by atoms with Gasteiger partial charge in [0.15, 0.2) is 12.0 Å². The second-order valence-electron chi connectivity index (χ2n) is 7.05. The minimum atomic E-state index is -0.496. The number of likely N-dealkylation sites (tertiary alicyclic amines) is 1. The average Bonchev–Trinajstić information content (AvgIpc) is 2.75. The fourth-order valence-corrected chi connectivity index (χ4v) is 3.80. The van der Waals surface area contributed by atoms with Gasteiger partial charge in [-0.15, -0.1) is 0 Å². The summed E-state index contributed by atoms with van der Waals surface area (Å²) in [4.78, 5) is 39.2. The van der Waals surface area contributed by atoms with Crippen LogP contribution in [0.15, 0.2) is 53.3 Å². The molecule has 0 radical (unpaired) electrons. The third kappa shape index (κ3) is 3.50. The van der Waals surface area contributed by atoms with Crippen molar-refractivity contribution in [3.05, 3.63) is 58.8 Å². The summed E-state index contributed by atoms with van der Waals surface area (Å²) < 4.78 is 7.04. The zero-order valence-corrected chi connectivity index (χ0v) is 15.6. The van der Waals surface area contributed by atoms with Gasteiger partial charge in [-0.1, -0.05) is 24.3 Å².